The molecule has 0 spiro atoms. The van der Waals surface area contributed by atoms with Crippen LogP contribution in [0.15, 0.2) is 21.2 Å². The van der Waals surface area contributed by atoms with Crippen molar-refractivity contribution < 1.29 is 4.42 Å². The lowest BCUT2D eigenvalue weighted by Crippen LogP contribution is -2.20. The summed E-state index contributed by atoms with van der Waals surface area (Å²) >= 11 is 3.55. The maximum Gasteiger partial charge on any atom is 0.134 e. The predicted octanol–water partition coefficient (Wildman–Crippen LogP) is 5.44. The van der Waals surface area contributed by atoms with Crippen LogP contribution in [0.5, 0.6) is 0 Å². The lowest BCUT2D eigenvalue weighted by molar-refractivity contribution is 0.387. The molecule has 1 heterocycles. The summed E-state index contributed by atoms with van der Waals surface area (Å²) < 4.78 is 6.65. The second kappa shape index (κ2) is 9.62. The van der Waals surface area contributed by atoms with E-state index in [2.05, 4.69) is 35.1 Å². The van der Waals surface area contributed by atoms with Crippen molar-refractivity contribution in [2.45, 2.75) is 64.8 Å². The third-order valence-electron chi connectivity index (χ3n) is 3.26. The van der Waals surface area contributed by atoms with Crippen molar-refractivity contribution in [1.82, 2.24) is 5.32 Å². The van der Waals surface area contributed by atoms with Gasteiger partial charge in [-0.1, -0.05) is 52.4 Å². The summed E-state index contributed by atoms with van der Waals surface area (Å²) in [6, 6.07) is 2.33. The fourth-order valence-corrected chi connectivity index (χ4v) is 2.73. The Labute approximate surface area is 120 Å². The predicted molar refractivity (Wildman–Crippen MR) is 80.8 cm³/mol. The van der Waals surface area contributed by atoms with Crippen molar-refractivity contribution in [3.8, 4) is 0 Å². The van der Waals surface area contributed by atoms with E-state index in [0.29, 0.717) is 6.04 Å². The topological polar surface area (TPSA) is 25.2 Å². The molecule has 2 nitrogen and oxygen atoms in total. The zero-order valence-corrected chi connectivity index (χ0v) is 13.3. The summed E-state index contributed by atoms with van der Waals surface area (Å²) in [5.74, 6) is 1.05. The van der Waals surface area contributed by atoms with Gasteiger partial charge in [0.2, 0.25) is 0 Å². The van der Waals surface area contributed by atoms with Crippen LogP contribution < -0.4 is 5.32 Å². The summed E-state index contributed by atoms with van der Waals surface area (Å²) in [5, 5.41) is 3.50. The Bertz CT molecular complexity index is 311. The van der Waals surface area contributed by atoms with E-state index in [1.165, 1.54) is 38.5 Å². The largest absolute Gasteiger partial charge is 0.466 e. The first-order valence-electron chi connectivity index (χ1n) is 7.25. The highest BCUT2D eigenvalue weighted by Crippen LogP contribution is 2.28. The molecule has 1 N–H and O–H groups in total. The number of unbranched alkanes of at least 4 members (excludes halogenated alkanes) is 5. The van der Waals surface area contributed by atoms with E-state index in [1.807, 2.05) is 6.07 Å². The summed E-state index contributed by atoms with van der Waals surface area (Å²) in [4.78, 5) is 0. The highest BCUT2D eigenvalue weighted by molar-refractivity contribution is 9.10. The highest BCUT2D eigenvalue weighted by atomic mass is 79.9. The monoisotopic (exact) mass is 315 g/mol. The molecule has 0 aliphatic carbocycles. The second-order valence-electron chi connectivity index (χ2n) is 4.80. The number of nitrogens with one attached hydrogen (secondary N) is 1. The first-order chi connectivity index (χ1) is 8.79. The lowest BCUT2D eigenvalue weighted by atomic mass is 10.0. The van der Waals surface area contributed by atoms with Gasteiger partial charge in [0.1, 0.15) is 5.76 Å². The van der Waals surface area contributed by atoms with E-state index in [9.17, 15) is 0 Å². The summed E-state index contributed by atoms with van der Waals surface area (Å²) in [5.41, 5.74) is 0. The first kappa shape index (κ1) is 15.8. The molecule has 3 heteroatoms. The number of hydrogen-bond donors (Lipinski definition) is 1. The third-order valence-corrected chi connectivity index (χ3v) is 3.91. The van der Waals surface area contributed by atoms with E-state index in [1.54, 1.807) is 6.26 Å². The SMILES string of the molecule is CCCCCCCCC(NCC)c1occc1Br. The van der Waals surface area contributed by atoms with Crippen LogP contribution in [0.3, 0.4) is 0 Å². The standard InChI is InChI=1S/C15H26BrNO/c1-3-5-6-7-8-9-10-14(17-4-2)15-13(16)11-12-18-15/h11-12,14,17H,3-10H2,1-2H3. The summed E-state index contributed by atoms with van der Waals surface area (Å²) in [6.07, 6.45) is 11.0. The quantitative estimate of drug-likeness (QED) is 0.581. The van der Waals surface area contributed by atoms with Gasteiger partial charge in [0, 0.05) is 0 Å². The van der Waals surface area contributed by atoms with E-state index in [4.69, 9.17) is 4.42 Å². The Morgan fingerprint density at radius 2 is 1.89 bits per heavy atom. The van der Waals surface area contributed by atoms with Gasteiger partial charge in [0.25, 0.3) is 0 Å². The van der Waals surface area contributed by atoms with Gasteiger partial charge in [-0.05, 0) is 35.0 Å². The second-order valence-corrected chi connectivity index (χ2v) is 5.65. The highest BCUT2D eigenvalue weighted by Gasteiger charge is 2.16. The van der Waals surface area contributed by atoms with Crippen LogP contribution in [-0.2, 0) is 0 Å². The summed E-state index contributed by atoms with van der Waals surface area (Å²) in [6.45, 7) is 5.38. The molecule has 0 bridgehead atoms. The molecule has 18 heavy (non-hydrogen) atoms. The Balaban J connectivity index is 2.29. The maximum absolute atomic E-state index is 5.57. The van der Waals surface area contributed by atoms with Crippen molar-refractivity contribution in [3.63, 3.8) is 0 Å². The van der Waals surface area contributed by atoms with Crippen LogP contribution in [0.1, 0.15) is 70.6 Å². The Morgan fingerprint density at radius 3 is 2.50 bits per heavy atom. The number of halogens is 1. The van der Waals surface area contributed by atoms with Gasteiger partial charge in [-0.15, -0.1) is 0 Å². The van der Waals surface area contributed by atoms with Crippen LogP contribution >= 0.6 is 15.9 Å². The minimum absolute atomic E-state index is 0.352. The molecule has 1 unspecified atom stereocenters. The van der Waals surface area contributed by atoms with E-state index >= 15 is 0 Å². The van der Waals surface area contributed by atoms with Crippen molar-refractivity contribution >= 4 is 15.9 Å². The number of furan rings is 1. The molecule has 0 amide bonds. The van der Waals surface area contributed by atoms with Crippen molar-refractivity contribution in [2.24, 2.45) is 0 Å². The van der Waals surface area contributed by atoms with E-state index in [-0.39, 0.29) is 0 Å². The normalized spacial score (nSPS) is 12.8. The number of hydrogen-bond acceptors (Lipinski definition) is 2. The fraction of sp³-hybridized carbons (Fsp3) is 0.733. The van der Waals surface area contributed by atoms with E-state index in [0.717, 1.165) is 23.2 Å². The molecular weight excluding hydrogens is 290 g/mol. The maximum atomic E-state index is 5.57. The molecule has 0 radical (unpaired) electrons. The summed E-state index contributed by atoms with van der Waals surface area (Å²) in [7, 11) is 0. The zero-order chi connectivity index (χ0) is 13.2. The van der Waals surface area contributed by atoms with Crippen molar-refractivity contribution in [1.29, 1.82) is 0 Å². The van der Waals surface area contributed by atoms with Crippen LogP contribution in [0, 0.1) is 0 Å². The Kier molecular flexibility index (Phi) is 8.44. The van der Waals surface area contributed by atoms with Crippen molar-refractivity contribution in [3.05, 3.63) is 22.6 Å². The van der Waals surface area contributed by atoms with Gasteiger partial charge < -0.3 is 9.73 Å². The van der Waals surface area contributed by atoms with Crippen LogP contribution in [0.25, 0.3) is 0 Å². The van der Waals surface area contributed by atoms with Gasteiger partial charge >= 0.3 is 0 Å². The average molecular weight is 316 g/mol. The molecule has 0 aliphatic heterocycles. The molecule has 1 rings (SSSR count). The Morgan fingerprint density at radius 1 is 1.17 bits per heavy atom. The van der Waals surface area contributed by atoms with Crippen LogP contribution in [-0.4, -0.2) is 6.54 Å². The zero-order valence-electron chi connectivity index (χ0n) is 11.7. The fourth-order valence-electron chi connectivity index (χ4n) is 2.26. The molecule has 1 atom stereocenters. The van der Waals surface area contributed by atoms with Gasteiger partial charge in [-0.3, -0.25) is 0 Å². The Hall–Kier alpha value is -0.280. The van der Waals surface area contributed by atoms with Crippen LogP contribution in [0.2, 0.25) is 0 Å². The molecule has 0 fully saturated rings. The van der Waals surface area contributed by atoms with E-state index < -0.39 is 0 Å². The van der Waals surface area contributed by atoms with Crippen LogP contribution in [0.4, 0.5) is 0 Å². The minimum atomic E-state index is 0.352. The average Bonchev–Trinajstić information content (AvgIpc) is 2.78. The molecule has 0 saturated heterocycles. The van der Waals surface area contributed by atoms with Gasteiger partial charge in [-0.2, -0.15) is 0 Å². The molecule has 104 valence electrons. The van der Waals surface area contributed by atoms with Gasteiger partial charge in [0.05, 0.1) is 16.8 Å². The molecular formula is C15H26BrNO. The first-order valence-corrected chi connectivity index (χ1v) is 8.05. The third kappa shape index (κ3) is 5.57. The number of rotatable bonds is 10. The van der Waals surface area contributed by atoms with Gasteiger partial charge in [0.15, 0.2) is 0 Å². The molecule has 0 aromatic carbocycles. The lowest BCUT2D eigenvalue weighted by Gasteiger charge is -2.16. The molecule has 0 saturated carbocycles. The van der Waals surface area contributed by atoms with Crippen molar-refractivity contribution in [2.75, 3.05) is 6.54 Å². The smallest absolute Gasteiger partial charge is 0.134 e. The van der Waals surface area contributed by atoms with Gasteiger partial charge in [-0.25, -0.2) is 0 Å². The molecule has 0 aliphatic rings. The molecule has 1 aromatic heterocycles. The molecule has 1 aromatic rings. The minimum Gasteiger partial charge on any atom is -0.466 e.